The summed E-state index contributed by atoms with van der Waals surface area (Å²) in [6.07, 6.45) is 1.52. The molecule has 1 amide bonds. The summed E-state index contributed by atoms with van der Waals surface area (Å²) in [5, 5.41) is 14.3. The monoisotopic (exact) mass is 436 g/mol. The number of anilines is 3. The van der Waals surface area contributed by atoms with E-state index in [9.17, 15) is 14.7 Å². The van der Waals surface area contributed by atoms with Crippen LogP contribution in [0, 0.1) is 6.92 Å². The van der Waals surface area contributed by atoms with Gasteiger partial charge in [-0.05, 0) is 49.1 Å². The van der Waals surface area contributed by atoms with E-state index in [-0.39, 0.29) is 17.5 Å². The van der Waals surface area contributed by atoms with Gasteiger partial charge in [0, 0.05) is 31.4 Å². The van der Waals surface area contributed by atoms with Crippen molar-refractivity contribution < 1.29 is 14.7 Å². The number of piperazine rings is 1. The maximum absolute atomic E-state index is 12.3. The Bertz CT molecular complexity index is 1100. The van der Waals surface area contributed by atoms with Crippen LogP contribution in [0.15, 0.2) is 54.0 Å². The van der Waals surface area contributed by atoms with Crippen molar-refractivity contribution in [2.45, 2.75) is 19.9 Å². The van der Waals surface area contributed by atoms with Gasteiger partial charge in [-0.1, -0.05) is 18.2 Å². The smallest absolute Gasteiger partial charge is 0.339 e. The van der Waals surface area contributed by atoms with Gasteiger partial charge in [-0.25, -0.2) is 9.78 Å². The minimum Gasteiger partial charge on any atom is -0.478 e. The zero-order chi connectivity index (χ0) is 22.0. The highest BCUT2D eigenvalue weighted by Gasteiger charge is 2.28. The molecule has 1 aliphatic heterocycles. The summed E-state index contributed by atoms with van der Waals surface area (Å²) in [4.78, 5) is 33.6. The Morgan fingerprint density at radius 2 is 2.03 bits per heavy atom. The molecule has 2 aromatic heterocycles. The van der Waals surface area contributed by atoms with Crippen LogP contribution >= 0.6 is 11.3 Å². The fourth-order valence-electron chi connectivity index (χ4n) is 3.88. The molecule has 3 heterocycles. The van der Waals surface area contributed by atoms with Crippen molar-refractivity contribution in [1.82, 2.24) is 4.98 Å². The molecular weight excluding hydrogens is 412 g/mol. The first kappa shape index (κ1) is 20.9. The molecule has 0 aliphatic carbocycles. The predicted octanol–water partition coefficient (Wildman–Crippen LogP) is 4.12. The quantitative estimate of drug-likeness (QED) is 0.626. The molecule has 1 saturated heterocycles. The number of amides is 1. The second-order valence-electron chi connectivity index (χ2n) is 7.66. The maximum Gasteiger partial charge on any atom is 0.339 e. The van der Waals surface area contributed by atoms with Crippen LogP contribution in [-0.2, 0) is 0 Å². The second-order valence-corrected chi connectivity index (χ2v) is 8.61. The van der Waals surface area contributed by atoms with E-state index in [4.69, 9.17) is 0 Å². The van der Waals surface area contributed by atoms with Crippen molar-refractivity contribution in [3.63, 3.8) is 0 Å². The van der Waals surface area contributed by atoms with Gasteiger partial charge in [0.2, 0.25) is 0 Å². The number of carbonyl (C=O) groups excluding carboxylic acids is 1. The van der Waals surface area contributed by atoms with Crippen molar-refractivity contribution in [2.75, 3.05) is 34.8 Å². The van der Waals surface area contributed by atoms with E-state index in [1.54, 1.807) is 12.1 Å². The van der Waals surface area contributed by atoms with Crippen molar-refractivity contribution >= 4 is 40.4 Å². The van der Waals surface area contributed by atoms with Crippen molar-refractivity contribution in [3.05, 3.63) is 70.0 Å². The first-order chi connectivity index (χ1) is 14.9. The molecule has 0 spiro atoms. The van der Waals surface area contributed by atoms with Crippen LogP contribution in [-0.4, -0.2) is 47.6 Å². The normalized spacial score (nSPS) is 16.3. The van der Waals surface area contributed by atoms with Gasteiger partial charge in [0.15, 0.2) is 0 Å². The van der Waals surface area contributed by atoms with Gasteiger partial charge in [-0.2, -0.15) is 0 Å². The molecule has 8 heteroatoms. The minimum atomic E-state index is -1.07. The molecule has 0 radical (unpaired) electrons. The van der Waals surface area contributed by atoms with Crippen LogP contribution in [0.3, 0.4) is 0 Å². The minimum absolute atomic E-state index is 0.0835. The van der Waals surface area contributed by atoms with Gasteiger partial charge >= 0.3 is 5.97 Å². The average molecular weight is 437 g/mol. The molecule has 1 aromatic carbocycles. The van der Waals surface area contributed by atoms with E-state index in [2.05, 4.69) is 53.3 Å². The number of carbonyl (C=O) groups is 2. The number of aromatic nitrogens is 1. The number of pyridine rings is 1. The summed E-state index contributed by atoms with van der Waals surface area (Å²) in [6.45, 7) is 6.29. The van der Waals surface area contributed by atoms with E-state index in [1.165, 1.54) is 34.9 Å². The molecule has 2 N–H and O–H groups in total. The topological polar surface area (TPSA) is 85.8 Å². The fourth-order valence-corrected chi connectivity index (χ4v) is 4.49. The van der Waals surface area contributed by atoms with Gasteiger partial charge in [-0.3, -0.25) is 4.79 Å². The Labute approximate surface area is 185 Å². The Kier molecular flexibility index (Phi) is 5.90. The van der Waals surface area contributed by atoms with Crippen LogP contribution in [0.25, 0.3) is 0 Å². The number of benzene rings is 1. The van der Waals surface area contributed by atoms with E-state index < -0.39 is 5.97 Å². The van der Waals surface area contributed by atoms with Crippen LogP contribution < -0.4 is 15.1 Å². The van der Waals surface area contributed by atoms with Crippen LogP contribution in [0.4, 0.5) is 17.2 Å². The Balaban J connectivity index is 1.52. The Hall–Kier alpha value is -3.39. The molecule has 0 saturated carbocycles. The highest BCUT2D eigenvalue weighted by molar-refractivity contribution is 7.12. The number of nitrogens with zero attached hydrogens (tertiary/aromatic N) is 3. The third-order valence-corrected chi connectivity index (χ3v) is 6.23. The van der Waals surface area contributed by atoms with Crippen molar-refractivity contribution in [2.24, 2.45) is 0 Å². The number of nitrogens with one attached hydrogen (secondary N) is 1. The number of aromatic carboxylic acids is 1. The summed E-state index contributed by atoms with van der Waals surface area (Å²) in [7, 11) is 0. The van der Waals surface area contributed by atoms with E-state index in [0.29, 0.717) is 29.5 Å². The van der Waals surface area contributed by atoms with Gasteiger partial charge in [0.1, 0.15) is 11.4 Å². The molecule has 1 aliphatic rings. The zero-order valence-corrected chi connectivity index (χ0v) is 18.2. The first-order valence-corrected chi connectivity index (χ1v) is 11.0. The largest absolute Gasteiger partial charge is 0.478 e. The third-order valence-electron chi connectivity index (χ3n) is 5.36. The standard InChI is InChI=1S/C23H24N4O3S/c1-15-5-3-6-18(11-15)27-9-8-26(14-16(27)2)21-19(23(29)30)12-17(13-24-21)25-22(28)20-7-4-10-31-20/h3-7,10-13,16H,8-9,14H2,1-2H3,(H,25,28)(H,29,30). The number of thiophene rings is 1. The second kappa shape index (κ2) is 8.77. The third kappa shape index (κ3) is 4.54. The molecule has 1 fully saturated rings. The number of aryl methyl sites for hydroxylation is 1. The molecule has 31 heavy (non-hydrogen) atoms. The van der Waals surface area contributed by atoms with Gasteiger partial charge in [0.25, 0.3) is 5.91 Å². The lowest BCUT2D eigenvalue weighted by Crippen LogP contribution is -2.52. The molecule has 0 bridgehead atoms. The summed E-state index contributed by atoms with van der Waals surface area (Å²) in [5.74, 6) is -0.915. The van der Waals surface area contributed by atoms with E-state index in [0.717, 1.165) is 6.54 Å². The van der Waals surface area contributed by atoms with Crippen LogP contribution in [0.5, 0.6) is 0 Å². The molecule has 7 nitrogen and oxygen atoms in total. The Morgan fingerprint density at radius 3 is 2.71 bits per heavy atom. The number of hydrogen-bond donors (Lipinski definition) is 2. The Morgan fingerprint density at radius 1 is 1.19 bits per heavy atom. The zero-order valence-electron chi connectivity index (χ0n) is 17.4. The molecule has 3 aromatic rings. The van der Waals surface area contributed by atoms with Crippen molar-refractivity contribution in [1.29, 1.82) is 0 Å². The van der Waals surface area contributed by atoms with Crippen LogP contribution in [0.1, 0.15) is 32.5 Å². The molecule has 1 atom stereocenters. The van der Waals surface area contributed by atoms with Crippen molar-refractivity contribution in [3.8, 4) is 0 Å². The fraction of sp³-hybridized carbons (Fsp3) is 0.261. The van der Waals surface area contributed by atoms with E-state index >= 15 is 0 Å². The summed E-state index contributed by atoms with van der Waals surface area (Å²) in [6, 6.07) is 13.6. The number of hydrogen-bond acceptors (Lipinski definition) is 6. The number of rotatable bonds is 5. The lowest BCUT2D eigenvalue weighted by Gasteiger charge is -2.42. The first-order valence-electron chi connectivity index (χ1n) is 10.1. The maximum atomic E-state index is 12.3. The SMILES string of the molecule is Cc1cccc(N2CCN(c3ncc(NC(=O)c4cccs4)cc3C(=O)O)CC2C)c1. The lowest BCUT2D eigenvalue weighted by molar-refractivity contribution is 0.0696. The average Bonchev–Trinajstić information content (AvgIpc) is 3.29. The van der Waals surface area contributed by atoms with Gasteiger partial charge in [0.05, 0.1) is 16.8 Å². The molecule has 160 valence electrons. The van der Waals surface area contributed by atoms with Gasteiger partial charge in [-0.15, -0.1) is 11.3 Å². The summed E-state index contributed by atoms with van der Waals surface area (Å²) in [5.41, 5.74) is 2.83. The number of carboxylic acid groups (broad SMARTS) is 1. The molecule has 4 rings (SSSR count). The van der Waals surface area contributed by atoms with Crippen LogP contribution in [0.2, 0.25) is 0 Å². The lowest BCUT2D eigenvalue weighted by atomic mass is 10.1. The summed E-state index contributed by atoms with van der Waals surface area (Å²) >= 11 is 1.32. The summed E-state index contributed by atoms with van der Waals surface area (Å²) < 4.78 is 0. The predicted molar refractivity (Wildman–Crippen MR) is 124 cm³/mol. The number of carboxylic acids is 1. The van der Waals surface area contributed by atoms with Gasteiger partial charge < -0.3 is 20.2 Å². The molecule has 1 unspecified atom stereocenters. The molecular formula is C23H24N4O3S. The highest BCUT2D eigenvalue weighted by atomic mass is 32.1. The van der Waals surface area contributed by atoms with E-state index in [1.807, 2.05) is 10.3 Å². The highest BCUT2D eigenvalue weighted by Crippen LogP contribution is 2.27.